The zero-order valence-corrected chi connectivity index (χ0v) is 20.8. The maximum atomic E-state index is 12.4. The fourth-order valence-corrected chi connectivity index (χ4v) is 3.50. The molecule has 0 aromatic heterocycles. The van der Waals surface area contributed by atoms with E-state index in [1.807, 2.05) is 58.0 Å². The third-order valence-corrected chi connectivity index (χ3v) is 6.24. The minimum Gasteiger partial charge on any atom is -0.497 e. The van der Waals surface area contributed by atoms with Gasteiger partial charge < -0.3 is 29.2 Å². The standard InChI is InChI=1S/C26H32BNO7/c1-25(2)26(3,4)35-27(34-25)21(16-28-24(31)33-17-18-9-7-6-8-10-18)13-20-14-22(32-5)12-11-19(20)15-23(29)30/h6-14H,15-17H2,1-5H3,(H,28,31)(H,29,30). The van der Waals surface area contributed by atoms with Gasteiger partial charge in [0.15, 0.2) is 0 Å². The van der Waals surface area contributed by atoms with E-state index in [1.165, 1.54) is 0 Å². The number of methoxy groups -OCH3 is 1. The van der Waals surface area contributed by atoms with Crippen molar-refractivity contribution in [2.75, 3.05) is 13.7 Å². The first-order valence-corrected chi connectivity index (χ1v) is 11.4. The Labute approximate surface area is 206 Å². The first-order valence-electron chi connectivity index (χ1n) is 11.4. The monoisotopic (exact) mass is 481 g/mol. The van der Waals surface area contributed by atoms with Crippen molar-refractivity contribution in [2.24, 2.45) is 0 Å². The van der Waals surface area contributed by atoms with Crippen LogP contribution >= 0.6 is 0 Å². The summed E-state index contributed by atoms with van der Waals surface area (Å²) in [6.07, 6.45) is 1.02. The molecule has 1 amide bonds. The van der Waals surface area contributed by atoms with Gasteiger partial charge in [-0.1, -0.05) is 42.5 Å². The number of hydrogen-bond donors (Lipinski definition) is 2. The number of carbonyl (C=O) groups is 2. The summed E-state index contributed by atoms with van der Waals surface area (Å²) in [4.78, 5) is 23.8. The lowest BCUT2D eigenvalue weighted by Crippen LogP contribution is -2.41. The van der Waals surface area contributed by atoms with Crippen LogP contribution in [0.25, 0.3) is 6.08 Å². The topological polar surface area (TPSA) is 103 Å². The molecule has 9 heteroatoms. The number of carboxylic acids is 1. The molecular weight excluding hydrogens is 449 g/mol. The second kappa shape index (κ2) is 11.0. The number of alkyl carbamates (subject to hydrolysis) is 1. The molecule has 0 radical (unpaired) electrons. The Morgan fingerprint density at radius 2 is 1.71 bits per heavy atom. The largest absolute Gasteiger partial charge is 0.497 e. The normalized spacial score (nSPS) is 16.6. The van der Waals surface area contributed by atoms with Crippen LogP contribution in [-0.2, 0) is 31.9 Å². The van der Waals surface area contributed by atoms with Crippen molar-refractivity contribution in [1.29, 1.82) is 0 Å². The predicted molar refractivity (Wildman–Crippen MR) is 133 cm³/mol. The summed E-state index contributed by atoms with van der Waals surface area (Å²) in [6.45, 7) is 7.97. The van der Waals surface area contributed by atoms with Crippen molar-refractivity contribution in [1.82, 2.24) is 5.32 Å². The second-order valence-corrected chi connectivity index (χ2v) is 9.36. The van der Waals surface area contributed by atoms with Crippen molar-refractivity contribution in [3.8, 4) is 5.75 Å². The first kappa shape index (κ1) is 26.3. The quantitative estimate of drug-likeness (QED) is 0.516. The van der Waals surface area contributed by atoms with Gasteiger partial charge in [-0.05, 0) is 62.0 Å². The smallest absolute Gasteiger partial charge is 0.492 e. The van der Waals surface area contributed by atoms with Crippen LogP contribution in [0.5, 0.6) is 5.75 Å². The maximum Gasteiger partial charge on any atom is 0.492 e. The molecule has 3 rings (SSSR count). The first-order chi connectivity index (χ1) is 16.5. The van der Waals surface area contributed by atoms with Crippen LogP contribution in [0, 0.1) is 0 Å². The lowest BCUT2D eigenvalue weighted by molar-refractivity contribution is -0.136. The molecule has 1 aliphatic rings. The van der Waals surface area contributed by atoms with Gasteiger partial charge in [0.25, 0.3) is 0 Å². The second-order valence-electron chi connectivity index (χ2n) is 9.36. The van der Waals surface area contributed by atoms with E-state index in [9.17, 15) is 14.7 Å². The van der Waals surface area contributed by atoms with Gasteiger partial charge in [0.1, 0.15) is 12.4 Å². The van der Waals surface area contributed by atoms with Crippen LogP contribution in [-0.4, -0.2) is 49.1 Å². The molecule has 1 aliphatic heterocycles. The van der Waals surface area contributed by atoms with Crippen LogP contribution < -0.4 is 10.1 Å². The number of nitrogens with one attached hydrogen (secondary N) is 1. The molecule has 1 fully saturated rings. The van der Waals surface area contributed by atoms with Gasteiger partial charge in [0.05, 0.1) is 24.7 Å². The minimum absolute atomic E-state index is 0.0776. The van der Waals surface area contributed by atoms with Gasteiger partial charge in [-0.3, -0.25) is 4.79 Å². The van der Waals surface area contributed by atoms with Gasteiger partial charge in [0, 0.05) is 6.54 Å². The number of aliphatic carboxylic acids is 1. The van der Waals surface area contributed by atoms with E-state index in [2.05, 4.69) is 5.32 Å². The van der Waals surface area contributed by atoms with Crippen molar-refractivity contribution in [3.63, 3.8) is 0 Å². The molecule has 0 saturated carbocycles. The van der Waals surface area contributed by atoms with Crippen molar-refractivity contribution in [3.05, 3.63) is 70.7 Å². The lowest BCUT2D eigenvalue weighted by atomic mass is 9.76. The molecule has 2 N–H and O–H groups in total. The number of carboxylic acid groups (broad SMARTS) is 1. The van der Waals surface area contributed by atoms with E-state index in [4.69, 9.17) is 18.8 Å². The Bertz CT molecular complexity index is 1070. The Morgan fingerprint density at radius 3 is 2.31 bits per heavy atom. The van der Waals surface area contributed by atoms with E-state index in [-0.39, 0.29) is 19.6 Å². The molecule has 0 unspecified atom stereocenters. The molecule has 0 aliphatic carbocycles. The molecule has 1 heterocycles. The van der Waals surface area contributed by atoms with Crippen LogP contribution in [0.3, 0.4) is 0 Å². The SMILES string of the molecule is COc1ccc(CC(=O)O)c(C=C(CNC(=O)OCc2ccccc2)B2OC(C)(C)C(C)(C)O2)c1. The zero-order valence-electron chi connectivity index (χ0n) is 20.8. The number of amides is 1. The zero-order chi connectivity index (χ0) is 25.6. The summed E-state index contributed by atoms with van der Waals surface area (Å²) in [7, 11) is 0.789. The van der Waals surface area contributed by atoms with Crippen LogP contribution in [0.1, 0.15) is 44.4 Å². The van der Waals surface area contributed by atoms with E-state index >= 15 is 0 Å². The fraction of sp³-hybridized carbons (Fsp3) is 0.385. The van der Waals surface area contributed by atoms with Gasteiger partial charge >= 0.3 is 19.2 Å². The highest BCUT2D eigenvalue weighted by atomic mass is 16.7. The van der Waals surface area contributed by atoms with E-state index in [0.717, 1.165) is 5.56 Å². The highest BCUT2D eigenvalue weighted by Crippen LogP contribution is 2.39. The predicted octanol–water partition coefficient (Wildman–Crippen LogP) is 4.26. The third kappa shape index (κ3) is 6.87. The van der Waals surface area contributed by atoms with Crippen molar-refractivity contribution in [2.45, 2.75) is 51.9 Å². The highest BCUT2D eigenvalue weighted by molar-refractivity contribution is 6.56. The molecule has 2 aromatic rings. The number of hydrogen-bond acceptors (Lipinski definition) is 6. The van der Waals surface area contributed by atoms with Gasteiger partial charge in [-0.2, -0.15) is 0 Å². The Morgan fingerprint density at radius 1 is 1.06 bits per heavy atom. The van der Waals surface area contributed by atoms with Crippen LogP contribution in [0.15, 0.2) is 54.0 Å². The molecule has 186 valence electrons. The number of benzene rings is 2. The summed E-state index contributed by atoms with van der Waals surface area (Å²) in [6, 6.07) is 14.5. The van der Waals surface area contributed by atoms with Gasteiger partial charge in [0.2, 0.25) is 0 Å². The lowest BCUT2D eigenvalue weighted by Gasteiger charge is -2.32. The molecule has 0 bridgehead atoms. The summed E-state index contributed by atoms with van der Waals surface area (Å²) < 4.78 is 23.1. The summed E-state index contributed by atoms with van der Waals surface area (Å²) in [5, 5.41) is 12.1. The van der Waals surface area contributed by atoms with E-state index in [0.29, 0.717) is 22.3 Å². The van der Waals surface area contributed by atoms with E-state index < -0.39 is 30.4 Å². The summed E-state index contributed by atoms with van der Waals surface area (Å²) in [5.74, 6) is -0.376. The Balaban J connectivity index is 1.85. The molecule has 0 atom stereocenters. The van der Waals surface area contributed by atoms with E-state index in [1.54, 1.807) is 31.4 Å². The van der Waals surface area contributed by atoms with Crippen LogP contribution in [0.2, 0.25) is 0 Å². The average Bonchev–Trinajstić information content (AvgIpc) is 3.03. The summed E-state index contributed by atoms with van der Waals surface area (Å²) >= 11 is 0. The highest BCUT2D eigenvalue weighted by Gasteiger charge is 2.52. The molecule has 0 spiro atoms. The number of ether oxygens (including phenoxy) is 2. The maximum absolute atomic E-state index is 12.4. The Hall–Kier alpha value is -3.30. The van der Waals surface area contributed by atoms with Gasteiger partial charge in [-0.25, -0.2) is 4.79 Å². The average molecular weight is 481 g/mol. The molecule has 1 saturated heterocycles. The molecule has 35 heavy (non-hydrogen) atoms. The number of carbonyl (C=O) groups excluding carboxylic acids is 1. The van der Waals surface area contributed by atoms with Crippen molar-refractivity contribution < 1.29 is 33.5 Å². The molecule has 8 nitrogen and oxygen atoms in total. The van der Waals surface area contributed by atoms with Gasteiger partial charge in [-0.15, -0.1) is 0 Å². The fourth-order valence-electron chi connectivity index (χ4n) is 3.50. The number of rotatable bonds is 9. The van der Waals surface area contributed by atoms with Crippen LogP contribution in [0.4, 0.5) is 4.79 Å². The van der Waals surface area contributed by atoms with Crippen molar-refractivity contribution >= 4 is 25.3 Å². The Kier molecular flexibility index (Phi) is 8.24. The summed E-state index contributed by atoms with van der Waals surface area (Å²) in [5.41, 5.74) is 1.53. The molecular formula is C26H32BNO7. The molecule has 2 aromatic carbocycles. The third-order valence-electron chi connectivity index (χ3n) is 6.24. The minimum atomic E-state index is -0.954.